The highest BCUT2D eigenvalue weighted by atomic mass is 16.6. The fraction of sp³-hybridized carbons (Fsp3) is 0.457. The molecular formula is C35H43N5O9. The van der Waals surface area contributed by atoms with Crippen LogP contribution < -0.4 is 21.3 Å². The highest BCUT2D eigenvalue weighted by Crippen LogP contribution is 2.32. The zero-order valence-electron chi connectivity index (χ0n) is 27.6. The van der Waals surface area contributed by atoms with Crippen molar-refractivity contribution in [1.29, 1.82) is 0 Å². The minimum Gasteiger partial charge on any atom is -0.467 e. The van der Waals surface area contributed by atoms with Crippen molar-refractivity contribution < 1.29 is 43.0 Å². The van der Waals surface area contributed by atoms with Crippen LogP contribution in [0.2, 0.25) is 0 Å². The van der Waals surface area contributed by atoms with E-state index in [1.807, 2.05) is 30.3 Å². The number of hydrogen-bond acceptors (Lipinski definition) is 10. The zero-order valence-corrected chi connectivity index (χ0v) is 27.6. The molecule has 0 aromatic heterocycles. The summed E-state index contributed by atoms with van der Waals surface area (Å²) in [6.07, 6.45) is 4.97. The molecule has 0 radical (unpaired) electrons. The Hall–Kier alpha value is -5.27. The van der Waals surface area contributed by atoms with Crippen molar-refractivity contribution in [3.8, 4) is 0 Å². The first-order valence-corrected chi connectivity index (χ1v) is 16.6. The Labute approximate surface area is 284 Å². The molecule has 2 aliphatic heterocycles. The van der Waals surface area contributed by atoms with Gasteiger partial charge in [0.25, 0.3) is 11.8 Å². The average molecular weight is 678 g/mol. The van der Waals surface area contributed by atoms with Gasteiger partial charge in [0.2, 0.25) is 17.7 Å². The van der Waals surface area contributed by atoms with E-state index >= 15 is 0 Å². The number of carbonyl (C=O) groups is 7. The fourth-order valence-electron chi connectivity index (χ4n) is 5.73. The number of rotatable bonds is 18. The van der Waals surface area contributed by atoms with Crippen LogP contribution in [0.3, 0.4) is 0 Å². The predicted molar refractivity (Wildman–Crippen MR) is 177 cm³/mol. The van der Waals surface area contributed by atoms with E-state index in [9.17, 15) is 33.6 Å². The van der Waals surface area contributed by atoms with Gasteiger partial charge in [-0.2, -0.15) is 0 Å². The number of unbranched alkanes of at least 4 members (excludes halogenated alkanes) is 5. The number of imide groups is 2. The van der Waals surface area contributed by atoms with Crippen LogP contribution in [0, 0.1) is 0 Å². The second-order valence-electron chi connectivity index (χ2n) is 11.9. The molecule has 2 aromatic carbocycles. The lowest BCUT2D eigenvalue weighted by Gasteiger charge is -2.27. The average Bonchev–Trinajstić information content (AvgIpc) is 3.35. The Morgan fingerprint density at radius 1 is 0.898 bits per heavy atom. The Morgan fingerprint density at radius 3 is 2.33 bits per heavy atom. The summed E-state index contributed by atoms with van der Waals surface area (Å²) < 4.78 is 9.91. The van der Waals surface area contributed by atoms with E-state index in [-0.39, 0.29) is 49.3 Å². The molecule has 4 rings (SSSR count). The number of nitrogens with one attached hydrogen (secondary N) is 4. The summed E-state index contributed by atoms with van der Waals surface area (Å²) in [4.78, 5) is 87.6. The molecule has 2 atom stereocenters. The number of benzene rings is 2. The highest BCUT2D eigenvalue weighted by molar-refractivity contribution is 6.25. The summed E-state index contributed by atoms with van der Waals surface area (Å²) in [6, 6.07) is 12.1. The van der Waals surface area contributed by atoms with Crippen molar-refractivity contribution in [3.63, 3.8) is 0 Å². The maximum absolute atomic E-state index is 13.2. The smallest absolute Gasteiger partial charge is 0.408 e. The molecule has 14 heteroatoms. The van der Waals surface area contributed by atoms with E-state index < -0.39 is 47.8 Å². The number of ether oxygens (including phenoxy) is 2. The SMILES string of the molecule is COC(=O)[C@H](CCC(=O)NCCCCCCCCNc1cccc2c1C(=O)N(C1CCC(=O)NC1=O)C2=O)NC(=O)OCc1ccccc1. The molecule has 1 saturated heterocycles. The van der Waals surface area contributed by atoms with Crippen LogP contribution in [0.5, 0.6) is 0 Å². The fourth-order valence-corrected chi connectivity index (χ4v) is 5.73. The number of esters is 1. The molecule has 49 heavy (non-hydrogen) atoms. The normalized spacial score (nSPS) is 16.0. The summed E-state index contributed by atoms with van der Waals surface area (Å²) in [6.45, 7) is 1.14. The summed E-state index contributed by atoms with van der Waals surface area (Å²) in [7, 11) is 1.21. The van der Waals surface area contributed by atoms with Crippen LogP contribution >= 0.6 is 0 Å². The number of hydrogen-bond donors (Lipinski definition) is 4. The maximum Gasteiger partial charge on any atom is 0.408 e. The van der Waals surface area contributed by atoms with Gasteiger partial charge in [-0.1, -0.05) is 62.1 Å². The lowest BCUT2D eigenvalue weighted by molar-refractivity contribution is -0.143. The molecule has 4 N–H and O–H groups in total. The minimum atomic E-state index is -1.01. The van der Waals surface area contributed by atoms with E-state index in [1.54, 1.807) is 18.2 Å². The minimum absolute atomic E-state index is 0.0328. The third kappa shape index (κ3) is 10.4. The first-order chi connectivity index (χ1) is 23.7. The molecule has 0 bridgehead atoms. The van der Waals surface area contributed by atoms with E-state index in [0.717, 1.165) is 49.0 Å². The van der Waals surface area contributed by atoms with Gasteiger partial charge in [0.1, 0.15) is 18.7 Å². The Bertz CT molecular complexity index is 1530. The van der Waals surface area contributed by atoms with E-state index in [4.69, 9.17) is 9.47 Å². The van der Waals surface area contributed by atoms with Crippen LogP contribution in [0.25, 0.3) is 0 Å². The molecule has 2 aliphatic rings. The molecule has 262 valence electrons. The number of fused-ring (bicyclic) bond motifs is 1. The van der Waals surface area contributed by atoms with Crippen LogP contribution in [0.15, 0.2) is 48.5 Å². The number of piperidine rings is 1. The quantitative estimate of drug-likeness (QED) is 0.104. The molecule has 1 fully saturated rings. The van der Waals surface area contributed by atoms with Crippen molar-refractivity contribution in [3.05, 3.63) is 65.2 Å². The third-order valence-corrected chi connectivity index (χ3v) is 8.36. The van der Waals surface area contributed by atoms with Crippen LogP contribution in [0.1, 0.15) is 90.5 Å². The zero-order chi connectivity index (χ0) is 35.2. The van der Waals surface area contributed by atoms with Crippen LogP contribution in [-0.4, -0.2) is 78.8 Å². The lowest BCUT2D eigenvalue weighted by atomic mass is 10.0. The van der Waals surface area contributed by atoms with Crippen molar-refractivity contribution in [1.82, 2.24) is 20.9 Å². The van der Waals surface area contributed by atoms with E-state index in [0.29, 0.717) is 18.8 Å². The second-order valence-corrected chi connectivity index (χ2v) is 11.9. The van der Waals surface area contributed by atoms with Gasteiger partial charge in [-0.15, -0.1) is 0 Å². The molecule has 0 saturated carbocycles. The Balaban J connectivity index is 1.07. The van der Waals surface area contributed by atoms with Gasteiger partial charge in [-0.25, -0.2) is 9.59 Å². The van der Waals surface area contributed by atoms with Crippen molar-refractivity contribution in [2.45, 2.75) is 82.9 Å². The van der Waals surface area contributed by atoms with Gasteiger partial charge >= 0.3 is 12.1 Å². The first-order valence-electron chi connectivity index (χ1n) is 16.6. The number of methoxy groups -OCH3 is 1. The number of carbonyl (C=O) groups excluding carboxylic acids is 7. The number of anilines is 1. The largest absolute Gasteiger partial charge is 0.467 e. The molecule has 2 aromatic rings. The molecule has 0 aliphatic carbocycles. The summed E-state index contributed by atoms with van der Waals surface area (Å²) >= 11 is 0. The van der Waals surface area contributed by atoms with E-state index in [2.05, 4.69) is 21.3 Å². The third-order valence-electron chi connectivity index (χ3n) is 8.36. The van der Waals surface area contributed by atoms with Crippen molar-refractivity contribution >= 4 is 47.3 Å². The van der Waals surface area contributed by atoms with Gasteiger partial charge in [-0.3, -0.25) is 34.2 Å². The molecule has 1 unspecified atom stereocenters. The van der Waals surface area contributed by atoms with E-state index in [1.165, 1.54) is 7.11 Å². The lowest BCUT2D eigenvalue weighted by Crippen LogP contribution is -2.54. The van der Waals surface area contributed by atoms with Crippen LogP contribution in [0.4, 0.5) is 10.5 Å². The van der Waals surface area contributed by atoms with Gasteiger partial charge in [-0.05, 0) is 43.4 Å². The molecular weight excluding hydrogens is 634 g/mol. The summed E-state index contributed by atoms with van der Waals surface area (Å²) in [5.74, 6) is -3.02. The van der Waals surface area contributed by atoms with Gasteiger partial charge in [0.15, 0.2) is 0 Å². The number of amides is 6. The molecule has 6 amide bonds. The van der Waals surface area contributed by atoms with Gasteiger partial charge in [0, 0.05) is 31.6 Å². The first kappa shape index (κ1) is 36.6. The number of nitrogens with zero attached hydrogens (tertiary/aromatic N) is 1. The van der Waals surface area contributed by atoms with Gasteiger partial charge < -0.3 is 25.4 Å². The topological polar surface area (TPSA) is 189 Å². The van der Waals surface area contributed by atoms with Crippen molar-refractivity contribution in [2.24, 2.45) is 0 Å². The highest BCUT2D eigenvalue weighted by Gasteiger charge is 2.45. The van der Waals surface area contributed by atoms with Gasteiger partial charge in [0.05, 0.1) is 18.2 Å². The maximum atomic E-state index is 13.2. The predicted octanol–water partition coefficient (Wildman–Crippen LogP) is 3.20. The van der Waals surface area contributed by atoms with Crippen molar-refractivity contribution in [2.75, 3.05) is 25.5 Å². The molecule has 0 spiro atoms. The summed E-state index contributed by atoms with van der Waals surface area (Å²) in [5, 5.41) is 10.8. The Kier molecular flexibility index (Phi) is 13.7. The monoisotopic (exact) mass is 677 g/mol. The number of alkyl carbamates (subject to hydrolysis) is 1. The standard InChI is InChI=1S/C35H43N5O9/c1-48-34(46)26(38-35(47)49-22-23-12-7-6-8-13-23)16-18-28(41)37-21-10-5-3-2-4-9-20-36-25-15-11-14-24-30(25)33(45)40(32(24)44)27-17-19-29(42)39-31(27)43/h6-8,11-15,26-27,36H,2-5,9-10,16-22H2,1H3,(H,37,41)(H,38,47)(H,39,42,43)/t26-,27?/m0/s1. The van der Waals surface area contributed by atoms with Crippen LogP contribution in [-0.2, 0) is 35.3 Å². The second kappa shape index (κ2) is 18.3. The molecule has 2 heterocycles. The Morgan fingerprint density at radius 2 is 1.61 bits per heavy atom. The molecule has 14 nitrogen and oxygen atoms in total. The summed E-state index contributed by atoms with van der Waals surface area (Å²) in [5.41, 5.74) is 1.83.